The second-order valence-electron chi connectivity index (χ2n) is 4.08. The summed E-state index contributed by atoms with van der Waals surface area (Å²) in [7, 11) is -6.16. The fourth-order valence-electron chi connectivity index (χ4n) is 1.28. The standard InChI is InChI=1S/C8H10F9O5P/c9-6(10,11)3-20-23(18-1-2-19-23,21-4-7(12,13)14)22-5-8(15,16)17/h1-5H2. The van der Waals surface area contributed by atoms with E-state index < -0.39 is 59.3 Å². The van der Waals surface area contributed by atoms with Crippen LogP contribution in [-0.2, 0) is 22.6 Å². The van der Waals surface area contributed by atoms with Gasteiger partial charge in [0, 0.05) is 0 Å². The quantitative estimate of drug-likeness (QED) is 0.510. The first kappa shape index (κ1) is 20.6. The first-order valence-corrected chi connectivity index (χ1v) is 7.44. The fourth-order valence-corrected chi connectivity index (χ4v) is 3.84. The van der Waals surface area contributed by atoms with Crippen LogP contribution in [0.15, 0.2) is 0 Å². The molecule has 0 amide bonds. The topological polar surface area (TPSA) is 46.2 Å². The summed E-state index contributed by atoms with van der Waals surface area (Å²) in [5.41, 5.74) is 0. The molecular formula is C8H10F9O5P. The molecule has 140 valence electrons. The first-order valence-electron chi connectivity index (χ1n) is 5.62. The van der Waals surface area contributed by atoms with E-state index in [1.165, 1.54) is 0 Å². The molecule has 1 fully saturated rings. The second kappa shape index (κ2) is 6.48. The Morgan fingerprint density at radius 1 is 0.609 bits per heavy atom. The van der Waals surface area contributed by atoms with Crippen molar-refractivity contribution in [1.82, 2.24) is 0 Å². The van der Waals surface area contributed by atoms with Crippen LogP contribution in [0, 0.1) is 0 Å². The molecule has 0 saturated carbocycles. The minimum absolute atomic E-state index is 0.675. The summed E-state index contributed by atoms with van der Waals surface area (Å²) in [6, 6.07) is 0. The van der Waals surface area contributed by atoms with Gasteiger partial charge in [0.1, 0.15) is 0 Å². The van der Waals surface area contributed by atoms with Crippen molar-refractivity contribution in [2.75, 3.05) is 33.0 Å². The summed E-state index contributed by atoms with van der Waals surface area (Å²) in [6.45, 7) is -8.22. The molecule has 0 N–H and O–H groups in total. The Balaban J connectivity index is 3.03. The van der Waals surface area contributed by atoms with E-state index in [9.17, 15) is 39.5 Å². The van der Waals surface area contributed by atoms with Crippen LogP contribution in [0.25, 0.3) is 0 Å². The SMILES string of the molecule is FC(F)(F)COP1(OCC(F)(F)F)(OCC(F)(F)F)OCCO1. The predicted molar refractivity (Wildman–Crippen MR) is 54.8 cm³/mol. The third kappa shape index (κ3) is 6.93. The van der Waals surface area contributed by atoms with Crippen LogP contribution >= 0.6 is 7.74 Å². The monoisotopic (exact) mass is 388 g/mol. The van der Waals surface area contributed by atoms with Gasteiger partial charge in [0.25, 0.3) is 0 Å². The molecule has 1 rings (SSSR count). The number of halogens is 9. The molecule has 1 saturated heterocycles. The zero-order chi connectivity index (χ0) is 18.0. The van der Waals surface area contributed by atoms with E-state index in [2.05, 4.69) is 22.6 Å². The molecule has 23 heavy (non-hydrogen) atoms. The summed E-state index contributed by atoms with van der Waals surface area (Å²) in [5, 5.41) is 0. The molecular weight excluding hydrogens is 378 g/mol. The number of hydrogen-bond donors (Lipinski definition) is 0. The van der Waals surface area contributed by atoms with Crippen molar-refractivity contribution in [1.29, 1.82) is 0 Å². The fraction of sp³-hybridized carbons (Fsp3) is 1.00. The van der Waals surface area contributed by atoms with Crippen LogP contribution in [0.5, 0.6) is 0 Å². The van der Waals surface area contributed by atoms with Gasteiger partial charge >= 0.3 is 121 Å². The van der Waals surface area contributed by atoms with E-state index in [1.807, 2.05) is 0 Å². The van der Waals surface area contributed by atoms with E-state index in [4.69, 9.17) is 0 Å². The van der Waals surface area contributed by atoms with Crippen LogP contribution in [0.3, 0.4) is 0 Å². The van der Waals surface area contributed by atoms with E-state index in [-0.39, 0.29) is 0 Å². The van der Waals surface area contributed by atoms with Crippen molar-refractivity contribution in [2.24, 2.45) is 0 Å². The van der Waals surface area contributed by atoms with Crippen molar-refractivity contribution in [2.45, 2.75) is 18.5 Å². The molecule has 0 aromatic carbocycles. The van der Waals surface area contributed by atoms with Gasteiger partial charge in [-0.05, 0) is 0 Å². The van der Waals surface area contributed by atoms with Crippen LogP contribution in [-0.4, -0.2) is 51.6 Å². The summed E-state index contributed by atoms with van der Waals surface area (Å²) >= 11 is 0. The summed E-state index contributed by atoms with van der Waals surface area (Å²) in [6.07, 6.45) is -15.3. The van der Waals surface area contributed by atoms with Gasteiger partial charge in [0.15, 0.2) is 0 Å². The van der Waals surface area contributed by atoms with E-state index >= 15 is 0 Å². The Bertz CT molecular complexity index is 348. The zero-order valence-electron chi connectivity index (χ0n) is 10.9. The van der Waals surface area contributed by atoms with E-state index in [0.717, 1.165) is 0 Å². The van der Waals surface area contributed by atoms with E-state index in [1.54, 1.807) is 0 Å². The molecule has 15 heteroatoms. The molecule has 1 heterocycles. The van der Waals surface area contributed by atoms with Gasteiger partial charge in [0.05, 0.1) is 0 Å². The molecule has 1 aliphatic heterocycles. The molecule has 0 aromatic heterocycles. The molecule has 0 aromatic rings. The van der Waals surface area contributed by atoms with Crippen LogP contribution in [0.2, 0.25) is 0 Å². The summed E-state index contributed by atoms with van der Waals surface area (Å²) < 4.78 is 131. The first-order chi connectivity index (χ1) is 10.1. The summed E-state index contributed by atoms with van der Waals surface area (Å²) in [4.78, 5) is 0. The number of alkyl halides is 9. The molecule has 5 nitrogen and oxygen atoms in total. The van der Waals surface area contributed by atoms with Crippen LogP contribution in [0.4, 0.5) is 39.5 Å². The van der Waals surface area contributed by atoms with Crippen molar-refractivity contribution < 1.29 is 62.1 Å². The van der Waals surface area contributed by atoms with Gasteiger partial charge in [0.2, 0.25) is 0 Å². The predicted octanol–water partition coefficient (Wildman–Crippen LogP) is 3.90. The van der Waals surface area contributed by atoms with Crippen molar-refractivity contribution in [3.63, 3.8) is 0 Å². The molecule has 0 unspecified atom stereocenters. The van der Waals surface area contributed by atoms with Gasteiger partial charge in [-0.15, -0.1) is 0 Å². The maximum absolute atomic E-state index is 12.2. The molecule has 1 aliphatic rings. The van der Waals surface area contributed by atoms with Crippen LogP contribution < -0.4 is 0 Å². The Morgan fingerprint density at radius 2 is 0.870 bits per heavy atom. The van der Waals surface area contributed by atoms with Crippen molar-refractivity contribution >= 4 is 7.74 Å². The van der Waals surface area contributed by atoms with Gasteiger partial charge in [-0.3, -0.25) is 0 Å². The van der Waals surface area contributed by atoms with Gasteiger partial charge < -0.3 is 0 Å². The van der Waals surface area contributed by atoms with E-state index in [0.29, 0.717) is 0 Å². The Labute approximate surface area is 122 Å². The van der Waals surface area contributed by atoms with Gasteiger partial charge in [-0.2, -0.15) is 0 Å². The van der Waals surface area contributed by atoms with Crippen molar-refractivity contribution in [3.05, 3.63) is 0 Å². The molecule has 0 spiro atoms. The maximum atomic E-state index is 12.2. The van der Waals surface area contributed by atoms with Gasteiger partial charge in [-0.1, -0.05) is 0 Å². The molecule has 0 radical (unpaired) electrons. The molecule has 0 bridgehead atoms. The minimum atomic E-state index is -6.16. The Kier molecular flexibility index (Phi) is 5.82. The third-order valence-corrected chi connectivity index (χ3v) is 4.87. The zero-order valence-corrected chi connectivity index (χ0v) is 11.8. The summed E-state index contributed by atoms with van der Waals surface area (Å²) in [5.74, 6) is 0. The number of rotatable bonds is 6. The Hall–Kier alpha value is -0.400. The second-order valence-corrected chi connectivity index (χ2v) is 6.86. The molecule has 0 aliphatic carbocycles. The van der Waals surface area contributed by atoms with Gasteiger partial charge in [-0.25, -0.2) is 0 Å². The average molecular weight is 388 g/mol. The Morgan fingerprint density at radius 3 is 1.09 bits per heavy atom. The van der Waals surface area contributed by atoms with Crippen LogP contribution in [0.1, 0.15) is 0 Å². The normalized spacial score (nSPS) is 23.4. The van der Waals surface area contributed by atoms with Crippen molar-refractivity contribution in [3.8, 4) is 0 Å². The molecule has 0 atom stereocenters. The third-order valence-electron chi connectivity index (χ3n) is 2.00. The number of hydrogen-bond acceptors (Lipinski definition) is 5. The average Bonchev–Trinajstić information content (AvgIpc) is 2.77.